The Hall–Kier alpha value is -1.79. The van der Waals surface area contributed by atoms with Crippen LogP contribution in [0, 0.1) is 5.82 Å². The fourth-order valence-corrected chi connectivity index (χ4v) is 2.80. The van der Waals surface area contributed by atoms with Crippen molar-refractivity contribution < 1.29 is 9.50 Å². The third-order valence-corrected chi connectivity index (χ3v) is 4.01. The second kappa shape index (κ2) is 5.91. The first-order valence-corrected chi connectivity index (χ1v) is 7.16. The predicted molar refractivity (Wildman–Crippen MR) is 75.9 cm³/mol. The summed E-state index contributed by atoms with van der Waals surface area (Å²) in [7, 11) is 0. The summed E-state index contributed by atoms with van der Waals surface area (Å²) in [5.74, 6) is -0.202. The van der Waals surface area contributed by atoms with Crippen LogP contribution in [-0.4, -0.2) is 43.7 Å². The van der Waals surface area contributed by atoms with Gasteiger partial charge in [0.15, 0.2) is 0 Å². The van der Waals surface area contributed by atoms with Crippen LogP contribution in [0.1, 0.15) is 18.4 Å². The Balaban J connectivity index is 1.55. The molecule has 21 heavy (non-hydrogen) atoms. The number of hydrogen-bond donors (Lipinski definition) is 1. The van der Waals surface area contributed by atoms with Crippen LogP contribution in [0.15, 0.2) is 36.7 Å². The highest BCUT2D eigenvalue weighted by molar-refractivity contribution is 5.16. The van der Waals surface area contributed by atoms with Crippen LogP contribution in [0.2, 0.25) is 0 Å². The Bertz CT molecular complexity index is 579. The van der Waals surface area contributed by atoms with Gasteiger partial charge in [0.1, 0.15) is 5.82 Å². The molecule has 0 bridgehead atoms. The first kappa shape index (κ1) is 14.2. The van der Waals surface area contributed by atoms with Crippen molar-refractivity contribution in [1.82, 2.24) is 19.9 Å². The van der Waals surface area contributed by atoms with Crippen LogP contribution in [0.3, 0.4) is 0 Å². The average Bonchev–Trinajstić information content (AvgIpc) is 2.94. The molecular formula is C15H19FN4O. The largest absolute Gasteiger partial charge is 0.388 e. The predicted octanol–water partition coefficient (Wildman–Crippen LogP) is 1.44. The number of likely N-dealkylation sites (tertiary alicyclic amines) is 1. The Kier molecular flexibility index (Phi) is 3.98. The second-order valence-corrected chi connectivity index (χ2v) is 5.73. The van der Waals surface area contributed by atoms with E-state index in [9.17, 15) is 9.50 Å². The van der Waals surface area contributed by atoms with Crippen LogP contribution in [-0.2, 0) is 13.1 Å². The molecule has 112 valence electrons. The van der Waals surface area contributed by atoms with E-state index in [4.69, 9.17) is 0 Å². The van der Waals surface area contributed by atoms with Crippen molar-refractivity contribution >= 4 is 0 Å². The van der Waals surface area contributed by atoms with Crippen LogP contribution in [0.4, 0.5) is 4.39 Å². The van der Waals surface area contributed by atoms with Crippen molar-refractivity contribution in [2.75, 3.05) is 13.1 Å². The molecule has 2 heterocycles. The average molecular weight is 290 g/mol. The Labute approximate surface area is 123 Å². The van der Waals surface area contributed by atoms with Crippen molar-refractivity contribution in [3.05, 3.63) is 48.0 Å². The lowest BCUT2D eigenvalue weighted by atomic mass is 9.91. The van der Waals surface area contributed by atoms with E-state index in [1.165, 1.54) is 6.07 Å². The molecule has 1 fully saturated rings. The van der Waals surface area contributed by atoms with Gasteiger partial charge in [-0.05, 0) is 30.5 Å². The molecule has 6 heteroatoms. The zero-order chi connectivity index (χ0) is 14.7. The Morgan fingerprint density at radius 2 is 2.10 bits per heavy atom. The summed E-state index contributed by atoms with van der Waals surface area (Å²) in [6.07, 6.45) is 4.74. The van der Waals surface area contributed by atoms with E-state index in [-0.39, 0.29) is 5.82 Å². The third-order valence-electron chi connectivity index (χ3n) is 4.01. The van der Waals surface area contributed by atoms with E-state index in [1.54, 1.807) is 29.2 Å². The third kappa shape index (κ3) is 3.65. The van der Waals surface area contributed by atoms with Crippen molar-refractivity contribution in [1.29, 1.82) is 0 Å². The van der Waals surface area contributed by atoms with Crippen molar-refractivity contribution in [3.63, 3.8) is 0 Å². The molecule has 1 N–H and O–H groups in total. The van der Waals surface area contributed by atoms with Crippen molar-refractivity contribution in [2.45, 2.75) is 31.5 Å². The van der Waals surface area contributed by atoms with Gasteiger partial charge in [-0.15, -0.1) is 5.10 Å². The lowest BCUT2D eigenvalue weighted by Crippen LogP contribution is -2.46. The van der Waals surface area contributed by atoms with E-state index < -0.39 is 5.60 Å². The molecule has 1 aliphatic rings. The monoisotopic (exact) mass is 290 g/mol. The van der Waals surface area contributed by atoms with Gasteiger partial charge < -0.3 is 5.11 Å². The van der Waals surface area contributed by atoms with Crippen molar-refractivity contribution in [3.8, 4) is 0 Å². The molecule has 5 nitrogen and oxygen atoms in total. The SMILES string of the molecule is OC1(Cn2ccnn2)CCN(Cc2cccc(F)c2)CC1. The lowest BCUT2D eigenvalue weighted by molar-refractivity contribution is -0.0383. The number of piperidine rings is 1. The van der Waals surface area contributed by atoms with Gasteiger partial charge in [0.05, 0.1) is 18.3 Å². The molecule has 0 radical (unpaired) electrons. The Morgan fingerprint density at radius 3 is 2.76 bits per heavy atom. The van der Waals surface area contributed by atoms with Gasteiger partial charge >= 0.3 is 0 Å². The smallest absolute Gasteiger partial charge is 0.123 e. The van der Waals surface area contributed by atoms with E-state index in [1.807, 2.05) is 6.07 Å². The zero-order valence-corrected chi connectivity index (χ0v) is 11.8. The molecule has 0 atom stereocenters. The number of rotatable bonds is 4. The summed E-state index contributed by atoms with van der Waals surface area (Å²) in [5, 5.41) is 18.3. The van der Waals surface area contributed by atoms with Crippen LogP contribution < -0.4 is 0 Å². The fourth-order valence-electron chi connectivity index (χ4n) is 2.80. The quantitative estimate of drug-likeness (QED) is 0.926. The Morgan fingerprint density at radius 1 is 1.29 bits per heavy atom. The molecule has 1 aromatic carbocycles. The van der Waals surface area contributed by atoms with Crippen molar-refractivity contribution in [2.24, 2.45) is 0 Å². The maximum Gasteiger partial charge on any atom is 0.123 e. The molecule has 1 aromatic heterocycles. The highest BCUT2D eigenvalue weighted by Crippen LogP contribution is 2.25. The number of benzene rings is 1. The van der Waals surface area contributed by atoms with Gasteiger partial charge in [-0.2, -0.15) is 0 Å². The fraction of sp³-hybridized carbons (Fsp3) is 0.467. The first-order valence-electron chi connectivity index (χ1n) is 7.16. The second-order valence-electron chi connectivity index (χ2n) is 5.73. The normalized spacial score (nSPS) is 18.8. The van der Waals surface area contributed by atoms with Crippen LogP contribution >= 0.6 is 0 Å². The van der Waals surface area contributed by atoms with Gasteiger partial charge in [-0.3, -0.25) is 4.90 Å². The molecule has 3 rings (SSSR count). The van der Waals surface area contributed by atoms with Gasteiger partial charge in [0.2, 0.25) is 0 Å². The maximum atomic E-state index is 13.2. The summed E-state index contributed by atoms with van der Waals surface area (Å²) in [4.78, 5) is 2.24. The van der Waals surface area contributed by atoms with Crippen LogP contribution in [0.5, 0.6) is 0 Å². The molecular weight excluding hydrogens is 271 g/mol. The molecule has 0 spiro atoms. The summed E-state index contributed by atoms with van der Waals surface area (Å²) in [6, 6.07) is 6.68. The molecule has 2 aromatic rings. The highest BCUT2D eigenvalue weighted by Gasteiger charge is 2.32. The molecule has 1 aliphatic heterocycles. The van der Waals surface area contributed by atoms with E-state index >= 15 is 0 Å². The summed E-state index contributed by atoms with van der Waals surface area (Å²) in [5.41, 5.74) is 0.239. The number of hydrogen-bond acceptors (Lipinski definition) is 4. The summed E-state index contributed by atoms with van der Waals surface area (Å²) >= 11 is 0. The molecule has 0 aliphatic carbocycles. The van der Waals surface area contributed by atoms with E-state index in [0.29, 0.717) is 19.4 Å². The maximum absolute atomic E-state index is 13.2. The number of aromatic nitrogens is 3. The van der Waals surface area contributed by atoms with E-state index in [0.717, 1.165) is 25.2 Å². The molecule has 0 saturated carbocycles. The zero-order valence-electron chi connectivity index (χ0n) is 11.8. The van der Waals surface area contributed by atoms with Crippen LogP contribution in [0.25, 0.3) is 0 Å². The number of aliphatic hydroxyl groups is 1. The number of nitrogens with zero attached hydrogens (tertiary/aromatic N) is 4. The number of halogens is 1. The van der Waals surface area contributed by atoms with Gasteiger partial charge in [-0.25, -0.2) is 9.07 Å². The molecule has 0 unspecified atom stereocenters. The molecule has 0 amide bonds. The topological polar surface area (TPSA) is 54.2 Å². The standard InChI is InChI=1S/C15H19FN4O/c16-14-3-1-2-13(10-14)11-19-7-4-15(21,5-8-19)12-20-9-6-17-18-20/h1-3,6,9-10,21H,4-5,7-8,11-12H2. The summed E-state index contributed by atoms with van der Waals surface area (Å²) in [6.45, 7) is 2.78. The lowest BCUT2D eigenvalue weighted by Gasteiger charge is -2.38. The molecule has 1 saturated heterocycles. The van der Waals surface area contributed by atoms with Gasteiger partial charge in [0.25, 0.3) is 0 Å². The minimum absolute atomic E-state index is 0.202. The summed E-state index contributed by atoms with van der Waals surface area (Å²) < 4.78 is 14.9. The van der Waals surface area contributed by atoms with E-state index in [2.05, 4.69) is 15.2 Å². The first-order chi connectivity index (χ1) is 10.1. The van der Waals surface area contributed by atoms with Gasteiger partial charge in [0, 0.05) is 25.8 Å². The highest BCUT2D eigenvalue weighted by atomic mass is 19.1. The van der Waals surface area contributed by atoms with Gasteiger partial charge in [-0.1, -0.05) is 17.3 Å². The minimum Gasteiger partial charge on any atom is -0.388 e. The minimum atomic E-state index is -0.730.